The number of aromatic nitrogens is 4. The topological polar surface area (TPSA) is 16.6 Å². The maximum Gasteiger partial charge on any atom is 0.308 e. The second-order valence-corrected chi connectivity index (χ2v) is 20.5. The summed E-state index contributed by atoms with van der Waals surface area (Å²) in [6.45, 7) is 0. The molecule has 55 heavy (non-hydrogen) atoms. The van der Waals surface area contributed by atoms with Crippen LogP contribution in [0.15, 0.2) is 170 Å². The molecule has 0 N–H and O–H groups in total. The molecule has 15 rings (SSSR count). The maximum atomic E-state index is 2.65. The maximum absolute atomic E-state index is 2.90. The first-order valence-corrected chi connectivity index (χ1v) is 21.9. The van der Waals surface area contributed by atoms with Gasteiger partial charge in [0.2, 0.25) is 0 Å². The zero-order valence-corrected chi connectivity index (χ0v) is 31.2. The van der Waals surface area contributed by atoms with Crippen LogP contribution in [-0.2, 0) is 5.66 Å². The molecule has 0 fully saturated rings. The van der Waals surface area contributed by atoms with Crippen molar-refractivity contribution >= 4 is 115 Å². The van der Waals surface area contributed by atoms with E-state index in [4.69, 9.17) is 0 Å². The minimum atomic E-state index is -2.90. The largest absolute Gasteiger partial charge is 0.308 e. The predicted molar refractivity (Wildman–Crippen MR) is 227 cm³/mol. The summed E-state index contributed by atoms with van der Waals surface area (Å²) in [6.07, 6.45) is 9.40. The smallest absolute Gasteiger partial charge is 0.195 e. The highest BCUT2D eigenvalue weighted by atomic mass is 32.1. The normalized spacial score (nSPS) is 17.3. The van der Waals surface area contributed by atoms with Crippen LogP contribution in [0.3, 0.4) is 0 Å². The third-order valence-corrected chi connectivity index (χ3v) is 19.6. The molecule has 0 amide bonds. The lowest BCUT2D eigenvalue weighted by atomic mass is 9.87. The van der Waals surface area contributed by atoms with Crippen LogP contribution >= 0.6 is 11.3 Å². The van der Waals surface area contributed by atoms with Gasteiger partial charge in [-0.15, -0.1) is 11.3 Å². The number of thiophene rings is 1. The van der Waals surface area contributed by atoms with E-state index in [0.29, 0.717) is 0 Å². The molecule has 0 radical (unpaired) electrons. The number of imidazole rings is 2. The number of benzene rings is 7. The number of hydrogen-bond donors (Lipinski definition) is 0. The second-order valence-electron chi connectivity index (χ2n) is 15.7. The fourth-order valence-electron chi connectivity index (χ4n) is 11.8. The minimum absolute atomic E-state index is 0.587. The van der Waals surface area contributed by atoms with Crippen molar-refractivity contribution in [1.82, 2.24) is 8.80 Å². The molecular formula is C49H28N4SSi+2. The third kappa shape index (κ3) is 2.78. The van der Waals surface area contributed by atoms with Gasteiger partial charge < -0.3 is 0 Å². The summed E-state index contributed by atoms with van der Waals surface area (Å²) in [6, 6.07) is 55.9. The first-order chi connectivity index (χ1) is 27.3. The Morgan fingerprint density at radius 3 is 1.69 bits per heavy atom. The summed E-state index contributed by atoms with van der Waals surface area (Å²) in [5.41, 5.74) is 7.37. The molecular weight excluding hydrogens is 705 g/mol. The Labute approximate surface area is 318 Å². The molecule has 1 unspecified atom stereocenters. The molecule has 5 aromatic heterocycles. The van der Waals surface area contributed by atoms with Crippen molar-refractivity contribution in [1.29, 1.82) is 0 Å². The lowest BCUT2D eigenvalue weighted by Crippen LogP contribution is -2.84. The van der Waals surface area contributed by atoms with E-state index in [1.807, 2.05) is 11.3 Å². The first-order valence-electron chi connectivity index (χ1n) is 19.1. The van der Waals surface area contributed by atoms with Gasteiger partial charge in [0, 0.05) is 47.8 Å². The van der Waals surface area contributed by atoms with Gasteiger partial charge in [0.25, 0.3) is 11.3 Å². The molecule has 0 aliphatic carbocycles. The molecule has 3 aliphatic heterocycles. The molecule has 7 aromatic carbocycles. The monoisotopic (exact) mass is 732 g/mol. The lowest BCUT2D eigenvalue weighted by molar-refractivity contribution is -0.944. The van der Waals surface area contributed by atoms with Crippen LogP contribution < -0.4 is 29.9 Å². The molecule has 12 aromatic rings. The van der Waals surface area contributed by atoms with Crippen molar-refractivity contribution in [2.24, 2.45) is 0 Å². The quantitative estimate of drug-likeness (QED) is 0.100. The standard InChI is InChI=1S/C49H28N4SSi/c1-3-11-29(12-4-1)55(30-13-5-2-6-14-30)41-21-19-33-31-15-7-9-17-37(31)50-23-25-52-47(50)43(33)45(41)49(52)46-42(55)22-20-34-35-27-36-32-16-8-10-18-39(32)54-40(36)28-38(35)51-24-26-53(49)48(51)44(34)46/h1-28H/q+2. The van der Waals surface area contributed by atoms with Gasteiger partial charge in [0.15, 0.2) is 8.07 Å². The third-order valence-electron chi connectivity index (χ3n) is 13.6. The van der Waals surface area contributed by atoms with E-state index in [2.05, 4.69) is 188 Å². The Bertz CT molecular complexity index is 3740. The van der Waals surface area contributed by atoms with Crippen LogP contribution in [0, 0.1) is 0 Å². The molecule has 1 atom stereocenters. The molecule has 0 saturated carbocycles. The predicted octanol–water partition coefficient (Wildman–Crippen LogP) is 7.36. The molecule has 0 saturated heterocycles. The van der Waals surface area contributed by atoms with E-state index >= 15 is 0 Å². The van der Waals surface area contributed by atoms with E-state index in [-0.39, 0.29) is 0 Å². The Morgan fingerprint density at radius 2 is 1.02 bits per heavy atom. The second kappa shape index (κ2) is 9.01. The molecule has 1 spiro atoms. The van der Waals surface area contributed by atoms with Crippen LogP contribution in [0.1, 0.15) is 11.1 Å². The number of nitrogens with zero attached hydrogens (tertiary/aromatic N) is 4. The highest BCUT2D eigenvalue weighted by Crippen LogP contribution is 2.50. The summed E-state index contributed by atoms with van der Waals surface area (Å²) in [7, 11) is -2.90. The number of pyridine rings is 2. The number of rotatable bonds is 2. The summed E-state index contributed by atoms with van der Waals surface area (Å²) >= 11 is 1.90. The van der Waals surface area contributed by atoms with Crippen LogP contribution in [0.5, 0.6) is 0 Å². The first kappa shape index (κ1) is 27.9. The zero-order chi connectivity index (χ0) is 35.4. The Hall–Kier alpha value is -6.60. The number of para-hydroxylation sites is 1. The summed E-state index contributed by atoms with van der Waals surface area (Å²) < 4.78 is 12.9. The number of hydrogen-bond acceptors (Lipinski definition) is 1. The highest BCUT2D eigenvalue weighted by Gasteiger charge is 2.68. The van der Waals surface area contributed by atoms with Crippen LogP contribution in [0.25, 0.3) is 74.8 Å². The van der Waals surface area contributed by atoms with E-state index < -0.39 is 13.7 Å². The van der Waals surface area contributed by atoms with E-state index in [1.165, 1.54) is 107 Å². The van der Waals surface area contributed by atoms with E-state index in [0.717, 1.165) is 0 Å². The average molecular weight is 733 g/mol. The van der Waals surface area contributed by atoms with Crippen LogP contribution in [0.4, 0.5) is 0 Å². The van der Waals surface area contributed by atoms with Crippen molar-refractivity contribution in [2.75, 3.05) is 0 Å². The van der Waals surface area contributed by atoms with E-state index in [9.17, 15) is 0 Å². The summed E-state index contributed by atoms with van der Waals surface area (Å²) in [4.78, 5) is 0. The van der Waals surface area contributed by atoms with Crippen molar-refractivity contribution in [3.8, 4) is 0 Å². The van der Waals surface area contributed by atoms with Gasteiger partial charge in [-0.25, -0.2) is 0 Å². The highest BCUT2D eigenvalue weighted by molar-refractivity contribution is 7.26. The molecule has 3 aliphatic rings. The van der Waals surface area contributed by atoms with Gasteiger partial charge in [-0.05, 0) is 38.9 Å². The fraction of sp³-hybridized carbons (Fsp3) is 0.0204. The molecule has 252 valence electrons. The van der Waals surface area contributed by atoms with Gasteiger partial charge in [-0.3, -0.25) is 0 Å². The molecule has 6 heteroatoms. The van der Waals surface area contributed by atoms with Gasteiger partial charge in [-0.2, -0.15) is 17.9 Å². The average Bonchev–Trinajstić information content (AvgIpc) is 4.07. The Balaban J connectivity index is 1.24. The Morgan fingerprint density at radius 1 is 0.455 bits per heavy atom. The number of fused-ring (bicyclic) bond motifs is 9. The fourth-order valence-corrected chi connectivity index (χ4v) is 18.2. The van der Waals surface area contributed by atoms with Crippen LogP contribution in [0.2, 0.25) is 0 Å². The van der Waals surface area contributed by atoms with Gasteiger partial charge in [0.05, 0.1) is 21.9 Å². The summed E-state index contributed by atoms with van der Waals surface area (Å²) in [5, 5.41) is 16.5. The Kier molecular flexibility index (Phi) is 4.58. The van der Waals surface area contributed by atoms with Crippen molar-refractivity contribution in [3.63, 3.8) is 0 Å². The van der Waals surface area contributed by atoms with Crippen LogP contribution in [-0.4, -0.2) is 16.9 Å². The van der Waals surface area contributed by atoms with Gasteiger partial charge in [0.1, 0.15) is 35.8 Å². The van der Waals surface area contributed by atoms with Gasteiger partial charge >= 0.3 is 5.66 Å². The van der Waals surface area contributed by atoms with E-state index in [1.54, 1.807) is 0 Å². The SMILES string of the molecule is c1ccc([Si]2(c3ccccc3)c3ccc4c5ccccc5n5cc[n+]6c5c4c3C63c4c2ccc2c5cc6c(cc5n5cc[n+]3c5c42)sc2ccccc26)cc1. The zero-order valence-electron chi connectivity index (χ0n) is 29.4. The lowest BCUT2D eigenvalue weighted by Gasteiger charge is -2.43. The summed E-state index contributed by atoms with van der Waals surface area (Å²) in [5.74, 6) is 0. The molecule has 4 nitrogen and oxygen atoms in total. The molecule has 8 heterocycles. The van der Waals surface area contributed by atoms with Crippen molar-refractivity contribution in [3.05, 3.63) is 182 Å². The van der Waals surface area contributed by atoms with Crippen molar-refractivity contribution < 1.29 is 9.13 Å². The van der Waals surface area contributed by atoms with Gasteiger partial charge in [-0.1, -0.05) is 121 Å². The molecule has 0 bridgehead atoms. The minimum Gasteiger partial charge on any atom is -0.195 e. The van der Waals surface area contributed by atoms with Crippen molar-refractivity contribution in [2.45, 2.75) is 5.66 Å².